The third-order valence-electron chi connectivity index (χ3n) is 4.55. The molecule has 0 aliphatic heterocycles. The van der Waals surface area contributed by atoms with Crippen LogP contribution in [-0.4, -0.2) is 20.7 Å². The minimum atomic E-state index is -0.270. The zero-order valence-electron chi connectivity index (χ0n) is 15.8. The van der Waals surface area contributed by atoms with Crippen molar-refractivity contribution in [3.8, 4) is 16.9 Å². The van der Waals surface area contributed by atoms with Gasteiger partial charge in [-0.1, -0.05) is 48.0 Å². The third kappa shape index (κ3) is 3.55. The molecule has 0 spiro atoms. The number of carbonyl (C=O) groups is 1. The van der Waals surface area contributed by atoms with E-state index in [-0.39, 0.29) is 5.91 Å². The number of carbonyl (C=O) groups excluding carboxylic acids is 1. The van der Waals surface area contributed by atoms with Crippen LogP contribution < -0.4 is 5.32 Å². The summed E-state index contributed by atoms with van der Waals surface area (Å²) in [5, 5.41) is 7.47. The molecule has 0 saturated carbocycles. The van der Waals surface area contributed by atoms with Crippen molar-refractivity contribution >= 4 is 11.6 Å². The minimum Gasteiger partial charge on any atom is -0.319 e. The lowest BCUT2D eigenvalue weighted by Crippen LogP contribution is -2.13. The topological polar surface area (TPSA) is 59.8 Å². The fourth-order valence-corrected chi connectivity index (χ4v) is 3.04. The van der Waals surface area contributed by atoms with E-state index in [0.717, 1.165) is 22.5 Å². The van der Waals surface area contributed by atoms with Crippen molar-refractivity contribution in [2.24, 2.45) is 0 Å². The van der Waals surface area contributed by atoms with Gasteiger partial charge in [-0.25, -0.2) is 4.68 Å². The maximum atomic E-state index is 12.8. The number of hydrogen-bond donors (Lipinski definition) is 1. The van der Waals surface area contributed by atoms with Crippen LogP contribution in [0.25, 0.3) is 16.9 Å². The van der Waals surface area contributed by atoms with Crippen molar-refractivity contribution in [3.63, 3.8) is 0 Å². The van der Waals surface area contributed by atoms with Crippen molar-refractivity contribution < 1.29 is 4.79 Å². The average molecular weight is 368 g/mol. The lowest BCUT2D eigenvalue weighted by atomic mass is 10.1. The Labute approximate surface area is 163 Å². The summed E-state index contributed by atoms with van der Waals surface area (Å²) < 4.78 is 1.83. The maximum Gasteiger partial charge on any atom is 0.276 e. The second-order valence-corrected chi connectivity index (χ2v) is 6.67. The molecule has 5 heteroatoms. The molecule has 0 aliphatic rings. The summed E-state index contributed by atoms with van der Waals surface area (Å²) in [6, 6.07) is 21.6. The Kier molecular flexibility index (Phi) is 4.72. The highest BCUT2D eigenvalue weighted by Crippen LogP contribution is 2.26. The van der Waals surface area contributed by atoms with Gasteiger partial charge in [-0.05, 0) is 43.7 Å². The molecule has 4 rings (SSSR count). The van der Waals surface area contributed by atoms with E-state index in [1.54, 1.807) is 24.5 Å². The molecule has 0 fully saturated rings. The summed E-state index contributed by atoms with van der Waals surface area (Å²) in [6.07, 6.45) is 3.27. The number of aromatic nitrogens is 3. The smallest absolute Gasteiger partial charge is 0.276 e. The first-order valence-electron chi connectivity index (χ1n) is 9.06. The molecule has 1 amide bonds. The van der Waals surface area contributed by atoms with Crippen LogP contribution in [0.15, 0.2) is 79.1 Å². The first-order valence-corrected chi connectivity index (χ1v) is 9.06. The monoisotopic (exact) mass is 368 g/mol. The SMILES string of the molecule is Cc1ccc(-c2cc(C(=O)Nc3cccnc3)nn2-c2ccccc2C)cc1. The van der Waals surface area contributed by atoms with Gasteiger partial charge < -0.3 is 5.32 Å². The Morgan fingerprint density at radius 2 is 1.75 bits per heavy atom. The van der Waals surface area contributed by atoms with E-state index in [1.165, 1.54) is 5.56 Å². The summed E-state index contributed by atoms with van der Waals surface area (Å²) in [5.74, 6) is -0.270. The molecule has 2 heterocycles. The lowest BCUT2D eigenvalue weighted by molar-refractivity contribution is 0.102. The van der Waals surface area contributed by atoms with E-state index < -0.39 is 0 Å². The zero-order chi connectivity index (χ0) is 19.5. The quantitative estimate of drug-likeness (QED) is 0.563. The van der Waals surface area contributed by atoms with Gasteiger partial charge in [0.2, 0.25) is 0 Å². The van der Waals surface area contributed by atoms with Crippen molar-refractivity contribution in [2.45, 2.75) is 13.8 Å². The summed E-state index contributed by atoms with van der Waals surface area (Å²) in [4.78, 5) is 16.8. The van der Waals surface area contributed by atoms with Gasteiger partial charge in [0.05, 0.1) is 23.3 Å². The standard InChI is InChI=1S/C23H20N4O/c1-16-9-11-18(12-10-16)22-14-20(23(28)25-19-7-5-13-24-15-19)26-27(22)21-8-4-3-6-17(21)2/h3-15H,1-2H3,(H,25,28). The number of hydrogen-bond acceptors (Lipinski definition) is 3. The number of para-hydroxylation sites is 1. The van der Waals surface area contributed by atoms with Gasteiger partial charge in [0.25, 0.3) is 5.91 Å². The van der Waals surface area contributed by atoms with Gasteiger partial charge in [0.1, 0.15) is 0 Å². The van der Waals surface area contributed by atoms with Crippen LogP contribution >= 0.6 is 0 Å². The molecule has 0 atom stereocenters. The fourth-order valence-electron chi connectivity index (χ4n) is 3.04. The van der Waals surface area contributed by atoms with Gasteiger partial charge >= 0.3 is 0 Å². The predicted octanol–water partition coefficient (Wildman–Crippen LogP) is 4.80. The molecule has 2 aromatic carbocycles. The van der Waals surface area contributed by atoms with Crippen LogP contribution in [0, 0.1) is 13.8 Å². The van der Waals surface area contributed by atoms with Gasteiger partial charge in [-0.2, -0.15) is 5.10 Å². The number of anilines is 1. The Bertz CT molecular complexity index is 1120. The van der Waals surface area contributed by atoms with Crippen molar-refractivity contribution in [3.05, 3.63) is 95.9 Å². The number of rotatable bonds is 4. The third-order valence-corrected chi connectivity index (χ3v) is 4.55. The van der Waals surface area contributed by atoms with E-state index in [1.807, 2.05) is 54.1 Å². The normalized spacial score (nSPS) is 10.6. The minimum absolute atomic E-state index is 0.270. The number of benzene rings is 2. The number of aryl methyl sites for hydroxylation is 2. The summed E-state index contributed by atoms with van der Waals surface area (Å²) in [7, 11) is 0. The Morgan fingerprint density at radius 1 is 0.964 bits per heavy atom. The van der Waals surface area contributed by atoms with Crippen LogP contribution in [0.3, 0.4) is 0 Å². The van der Waals surface area contributed by atoms with E-state index in [2.05, 4.69) is 34.5 Å². The van der Waals surface area contributed by atoms with Crippen LogP contribution in [0.1, 0.15) is 21.6 Å². The first-order chi connectivity index (χ1) is 13.6. The fraction of sp³-hybridized carbons (Fsp3) is 0.0870. The highest BCUT2D eigenvalue weighted by atomic mass is 16.1. The van der Waals surface area contributed by atoms with E-state index in [9.17, 15) is 4.79 Å². The number of nitrogens with one attached hydrogen (secondary N) is 1. The molecule has 28 heavy (non-hydrogen) atoms. The molecule has 5 nitrogen and oxygen atoms in total. The van der Waals surface area contributed by atoms with Crippen molar-refractivity contribution in [1.29, 1.82) is 0 Å². The number of nitrogens with zero attached hydrogens (tertiary/aromatic N) is 3. The molecular formula is C23H20N4O. The Morgan fingerprint density at radius 3 is 2.46 bits per heavy atom. The molecule has 0 bridgehead atoms. The van der Waals surface area contributed by atoms with Crippen LogP contribution in [0.2, 0.25) is 0 Å². The summed E-state index contributed by atoms with van der Waals surface area (Å²) >= 11 is 0. The highest BCUT2D eigenvalue weighted by molar-refractivity contribution is 6.03. The van der Waals surface area contributed by atoms with Gasteiger partial charge in [0, 0.05) is 11.8 Å². The highest BCUT2D eigenvalue weighted by Gasteiger charge is 2.18. The van der Waals surface area contributed by atoms with Gasteiger partial charge in [-0.15, -0.1) is 0 Å². The van der Waals surface area contributed by atoms with Crippen LogP contribution in [-0.2, 0) is 0 Å². The van der Waals surface area contributed by atoms with E-state index in [4.69, 9.17) is 0 Å². The second kappa shape index (κ2) is 7.48. The van der Waals surface area contributed by atoms with Crippen molar-refractivity contribution in [1.82, 2.24) is 14.8 Å². The second-order valence-electron chi connectivity index (χ2n) is 6.67. The average Bonchev–Trinajstić information content (AvgIpc) is 3.15. The zero-order valence-corrected chi connectivity index (χ0v) is 15.8. The first kappa shape index (κ1) is 17.7. The van der Waals surface area contributed by atoms with Gasteiger partial charge in [0.15, 0.2) is 5.69 Å². The van der Waals surface area contributed by atoms with E-state index in [0.29, 0.717) is 11.4 Å². The maximum absolute atomic E-state index is 12.8. The molecule has 1 N–H and O–H groups in total. The molecule has 0 unspecified atom stereocenters. The van der Waals surface area contributed by atoms with Gasteiger partial charge in [-0.3, -0.25) is 9.78 Å². The molecule has 0 saturated heterocycles. The van der Waals surface area contributed by atoms with E-state index >= 15 is 0 Å². The largest absolute Gasteiger partial charge is 0.319 e. The van der Waals surface area contributed by atoms with Crippen molar-refractivity contribution in [2.75, 3.05) is 5.32 Å². The van der Waals surface area contributed by atoms with Crippen LogP contribution in [0.5, 0.6) is 0 Å². The molecule has 0 radical (unpaired) electrons. The van der Waals surface area contributed by atoms with Crippen LogP contribution in [0.4, 0.5) is 5.69 Å². The number of pyridine rings is 1. The molecule has 138 valence electrons. The predicted molar refractivity (Wildman–Crippen MR) is 111 cm³/mol. The lowest BCUT2D eigenvalue weighted by Gasteiger charge is -2.10. The molecule has 2 aromatic heterocycles. The Hall–Kier alpha value is -3.73. The molecule has 0 aliphatic carbocycles. The Balaban J connectivity index is 1.79. The summed E-state index contributed by atoms with van der Waals surface area (Å²) in [6.45, 7) is 4.08. The number of amides is 1. The molecule has 4 aromatic rings. The summed E-state index contributed by atoms with van der Waals surface area (Å²) in [5.41, 5.74) is 6.06. The molecular weight excluding hydrogens is 348 g/mol.